The zero-order valence-corrected chi connectivity index (χ0v) is 17.1. The lowest BCUT2D eigenvalue weighted by Crippen LogP contribution is -2.00. The molecule has 0 atom stereocenters. The molecule has 0 aromatic heterocycles. The monoisotopic (exact) mass is 429 g/mol. The summed E-state index contributed by atoms with van der Waals surface area (Å²) in [5.74, 6) is -1.05. The molecule has 160 valence electrons. The average molecular weight is 429 g/mol. The van der Waals surface area contributed by atoms with Gasteiger partial charge in [0.2, 0.25) is 0 Å². The van der Waals surface area contributed by atoms with Crippen LogP contribution in [0.15, 0.2) is 66.7 Å². The fourth-order valence-electron chi connectivity index (χ4n) is 2.94. The molecule has 0 heterocycles. The largest absolute Gasteiger partial charge is 0.493 e. The van der Waals surface area contributed by atoms with Crippen LogP contribution >= 0.6 is 0 Å². The third-order valence-corrected chi connectivity index (χ3v) is 4.66. The Morgan fingerprint density at radius 1 is 0.875 bits per heavy atom. The summed E-state index contributed by atoms with van der Waals surface area (Å²) in [6, 6.07) is 19.8. The van der Waals surface area contributed by atoms with Crippen molar-refractivity contribution >= 4 is 23.6 Å². The van der Waals surface area contributed by atoms with Gasteiger partial charge in [-0.05, 0) is 59.2 Å². The molecule has 2 N–H and O–H groups in total. The van der Waals surface area contributed by atoms with Crippen LogP contribution in [0.3, 0.4) is 0 Å². The van der Waals surface area contributed by atoms with E-state index >= 15 is 0 Å². The normalized spacial score (nSPS) is 10.8. The maximum atomic E-state index is 11.0. The average Bonchev–Trinajstić information content (AvgIpc) is 2.81. The third kappa shape index (κ3) is 5.32. The van der Waals surface area contributed by atoms with Gasteiger partial charge in [0.1, 0.15) is 6.61 Å². The van der Waals surface area contributed by atoms with Crippen molar-refractivity contribution in [2.24, 2.45) is 0 Å². The Kier molecular flexibility index (Phi) is 6.88. The maximum Gasteiger partial charge on any atom is 0.335 e. The van der Waals surface area contributed by atoms with Crippen LogP contribution in [0.2, 0.25) is 0 Å². The molecule has 0 aliphatic heterocycles. The van der Waals surface area contributed by atoms with Crippen LogP contribution in [0.4, 0.5) is 0 Å². The number of hydrogen-bond donors (Lipinski definition) is 2. The third-order valence-electron chi connectivity index (χ3n) is 4.66. The van der Waals surface area contributed by atoms with Crippen molar-refractivity contribution in [3.8, 4) is 17.6 Å². The van der Waals surface area contributed by atoms with Crippen LogP contribution in [0.1, 0.15) is 37.4 Å². The maximum absolute atomic E-state index is 11.0. The van der Waals surface area contributed by atoms with Crippen LogP contribution < -0.4 is 9.47 Å². The molecule has 32 heavy (non-hydrogen) atoms. The van der Waals surface area contributed by atoms with E-state index in [9.17, 15) is 14.9 Å². The molecular weight excluding hydrogens is 410 g/mol. The van der Waals surface area contributed by atoms with E-state index in [-0.39, 0.29) is 17.7 Å². The molecule has 7 nitrogen and oxygen atoms in total. The van der Waals surface area contributed by atoms with Gasteiger partial charge in [-0.25, -0.2) is 9.59 Å². The first-order valence-electron chi connectivity index (χ1n) is 9.50. The Morgan fingerprint density at radius 2 is 1.44 bits per heavy atom. The molecule has 7 heteroatoms. The van der Waals surface area contributed by atoms with E-state index in [1.165, 1.54) is 31.4 Å². The first-order chi connectivity index (χ1) is 15.4. The predicted molar refractivity (Wildman–Crippen MR) is 118 cm³/mol. The predicted octanol–water partition coefficient (Wildman–Crippen LogP) is 4.73. The summed E-state index contributed by atoms with van der Waals surface area (Å²) in [6.07, 6.45) is 1.67. The first kappa shape index (κ1) is 22.1. The number of nitriles is 1. The molecule has 0 fully saturated rings. The lowest BCUT2D eigenvalue weighted by atomic mass is 10.0. The molecule has 3 rings (SSSR count). The summed E-state index contributed by atoms with van der Waals surface area (Å²) in [5.41, 5.74) is 2.83. The zero-order valence-electron chi connectivity index (χ0n) is 17.1. The Morgan fingerprint density at radius 3 is 1.97 bits per heavy atom. The van der Waals surface area contributed by atoms with Gasteiger partial charge in [-0.3, -0.25) is 0 Å². The molecule has 0 spiro atoms. The van der Waals surface area contributed by atoms with E-state index in [0.717, 1.165) is 5.56 Å². The summed E-state index contributed by atoms with van der Waals surface area (Å²) < 4.78 is 11.2. The second-order valence-corrected chi connectivity index (χ2v) is 6.75. The topological polar surface area (TPSA) is 117 Å². The number of carboxylic acids is 2. The summed E-state index contributed by atoms with van der Waals surface area (Å²) in [4.78, 5) is 21.9. The zero-order chi connectivity index (χ0) is 23.1. The van der Waals surface area contributed by atoms with E-state index in [0.29, 0.717) is 28.2 Å². The lowest BCUT2D eigenvalue weighted by Gasteiger charge is -2.12. The molecule has 3 aromatic carbocycles. The van der Waals surface area contributed by atoms with Gasteiger partial charge < -0.3 is 19.7 Å². The number of ether oxygens (including phenoxy) is 2. The number of methoxy groups -OCH3 is 1. The number of hydrogen-bond acceptors (Lipinski definition) is 5. The molecule has 0 saturated carbocycles. The van der Waals surface area contributed by atoms with Gasteiger partial charge in [-0.1, -0.05) is 30.3 Å². The van der Waals surface area contributed by atoms with Gasteiger partial charge in [0.15, 0.2) is 11.5 Å². The summed E-state index contributed by atoms with van der Waals surface area (Å²) in [5, 5.41) is 27.5. The number of benzene rings is 3. The molecule has 0 unspecified atom stereocenters. The number of allylic oxidation sites excluding steroid dienone is 1. The second-order valence-electron chi connectivity index (χ2n) is 6.75. The molecule has 0 bridgehead atoms. The van der Waals surface area contributed by atoms with Crippen molar-refractivity contribution in [2.45, 2.75) is 6.61 Å². The van der Waals surface area contributed by atoms with E-state index in [1.54, 1.807) is 48.5 Å². The summed E-state index contributed by atoms with van der Waals surface area (Å²) >= 11 is 0. The highest BCUT2D eigenvalue weighted by Crippen LogP contribution is 2.30. The molecule has 0 amide bonds. The van der Waals surface area contributed by atoms with Gasteiger partial charge in [0.25, 0.3) is 0 Å². The Bertz CT molecular complexity index is 1200. The Balaban J connectivity index is 1.78. The fraction of sp³-hybridized carbons (Fsp3) is 0.0800. The van der Waals surface area contributed by atoms with Gasteiger partial charge in [-0.15, -0.1) is 0 Å². The highest BCUT2D eigenvalue weighted by molar-refractivity contribution is 5.92. The minimum absolute atomic E-state index is 0.145. The van der Waals surface area contributed by atoms with Crippen molar-refractivity contribution in [3.05, 3.63) is 94.5 Å². The van der Waals surface area contributed by atoms with Gasteiger partial charge in [-0.2, -0.15) is 5.26 Å². The van der Waals surface area contributed by atoms with Crippen molar-refractivity contribution in [2.75, 3.05) is 7.11 Å². The minimum Gasteiger partial charge on any atom is -0.493 e. The number of nitrogens with zero attached hydrogens (tertiary/aromatic N) is 1. The molecule has 0 aliphatic carbocycles. The van der Waals surface area contributed by atoms with E-state index in [2.05, 4.69) is 6.07 Å². The number of carbonyl (C=O) groups is 2. The quantitative estimate of drug-likeness (QED) is 0.392. The van der Waals surface area contributed by atoms with Crippen LogP contribution in [0.25, 0.3) is 11.6 Å². The fourth-order valence-corrected chi connectivity index (χ4v) is 2.94. The van der Waals surface area contributed by atoms with Crippen molar-refractivity contribution in [3.63, 3.8) is 0 Å². The summed E-state index contributed by atoms with van der Waals surface area (Å²) in [7, 11) is 1.51. The first-order valence-corrected chi connectivity index (χ1v) is 9.50. The summed E-state index contributed by atoms with van der Waals surface area (Å²) in [6.45, 7) is 0.227. The van der Waals surface area contributed by atoms with Crippen molar-refractivity contribution in [1.82, 2.24) is 0 Å². The number of carboxylic acid groups (broad SMARTS) is 2. The van der Waals surface area contributed by atoms with Crippen LogP contribution in [-0.2, 0) is 6.61 Å². The Labute approximate surface area is 184 Å². The lowest BCUT2D eigenvalue weighted by molar-refractivity contribution is 0.0686. The highest BCUT2D eigenvalue weighted by Gasteiger charge is 2.09. The van der Waals surface area contributed by atoms with Crippen LogP contribution in [-0.4, -0.2) is 29.3 Å². The van der Waals surface area contributed by atoms with E-state index in [1.807, 2.05) is 0 Å². The molecule has 0 radical (unpaired) electrons. The molecule has 0 saturated heterocycles. The number of rotatable bonds is 8. The smallest absolute Gasteiger partial charge is 0.335 e. The van der Waals surface area contributed by atoms with Gasteiger partial charge in [0.05, 0.1) is 29.9 Å². The molecular formula is C25H19NO6. The highest BCUT2D eigenvalue weighted by atomic mass is 16.5. The van der Waals surface area contributed by atoms with Crippen molar-refractivity contribution < 1.29 is 29.3 Å². The van der Waals surface area contributed by atoms with E-state index < -0.39 is 11.9 Å². The molecule has 0 aliphatic rings. The Hall–Kier alpha value is -4.57. The number of aromatic carboxylic acids is 2. The van der Waals surface area contributed by atoms with Gasteiger partial charge >= 0.3 is 11.9 Å². The second kappa shape index (κ2) is 9.96. The van der Waals surface area contributed by atoms with Gasteiger partial charge in [0, 0.05) is 0 Å². The van der Waals surface area contributed by atoms with Crippen LogP contribution in [0.5, 0.6) is 11.5 Å². The SMILES string of the molecule is COc1cc(/C=C(/C#N)c2ccc(C(=O)O)cc2)ccc1OCc1ccc(C(=O)O)cc1. The minimum atomic E-state index is -1.03. The molecule has 3 aromatic rings. The van der Waals surface area contributed by atoms with Crippen LogP contribution in [0, 0.1) is 11.3 Å². The standard InChI is InChI=1S/C25H19NO6/c1-31-23-13-17(12-21(14-26)18-7-9-20(10-8-18)25(29)30)4-11-22(23)32-15-16-2-5-19(6-3-16)24(27)28/h2-13H,15H2,1H3,(H,27,28)(H,29,30)/b21-12-. The van der Waals surface area contributed by atoms with Crippen molar-refractivity contribution in [1.29, 1.82) is 5.26 Å². The van der Waals surface area contributed by atoms with E-state index in [4.69, 9.17) is 19.7 Å².